The van der Waals surface area contributed by atoms with E-state index >= 15 is 0 Å². The van der Waals surface area contributed by atoms with Crippen LogP contribution in [0.3, 0.4) is 0 Å². The fraction of sp³-hybridized carbons (Fsp3) is 0.375. The molecule has 5 nitrogen and oxygen atoms in total. The van der Waals surface area contributed by atoms with E-state index in [9.17, 15) is 4.79 Å². The predicted octanol–water partition coefficient (Wildman–Crippen LogP) is 2.43. The average molecular weight is 363 g/mol. The summed E-state index contributed by atoms with van der Waals surface area (Å²) >= 11 is 3.47. The van der Waals surface area contributed by atoms with Gasteiger partial charge in [-0.15, -0.1) is 0 Å². The fourth-order valence-electron chi connectivity index (χ4n) is 2.89. The van der Waals surface area contributed by atoms with Gasteiger partial charge in [0, 0.05) is 42.4 Å². The van der Waals surface area contributed by atoms with Crippen LogP contribution in [0.4, 0.5) is 5.69 Å². The van der Waals surface area contributed by atoms with Crippen LogP contribution in [-0.2, 0) is 11.8 Å². The molecule has 1 aliphatic heterocycles. The molecule has 3 rings (SSSR count). The van der Waals surface area contributed by atoms with Crippen LogP contribution in [0, 0.1) is 12.8 Å². The van der Waals surface area contributed by atoms with Gasteiger partial charge >= 0.3 is 0 Å². The van der Waals surface area contributed by atoms with Crippen molar-refractivity contribution in [1.29, 1.82) is 0 Å². The Bertz CT molecular complexity index is 697. The molecular formula is C16H19BrN4O. The van der Waals surface area contributed by atoms with Crippen LogP contribution >= 0.6 is 15.9 Å². The van der Waals surface area contributed by atoms with Crippen LogP contribution < -0.4 is 10.6 Å². The van der Waals surface area contributed by atoms with Crippen molar-refractivity contribution in [2.75, 3.05) is 18.4 Å². The minimum Gasteiger partial charge on any atom is -0.326 e. The number of benzene rings is 1. The zero-order chi connectivity index (χ0) is 15.7. The first-order valence-electron chi connectivity index (χ1n) is 7.31. The van der Waals surface area contributed by atoms with E-state index in [0.29, 0.717) is 6.54 Å². The molecule has 0 radical (unpaired) electrons. The van der Waals surface area contributed by atoms with Crippen molar-refractivity contribution < 1.29 is 4.79 Å². The van der Waals surface area contributed by atoms with Crippen LogP contribution in [0.2, 0.25) is 0 Å². The second-order valence-electron chi connectivity index (χ2n) is 5.77. The van der Waals surface area contributed by atoms with Crippen molar-refractivity contribution in [2.24, 2.45) is 13.0 Å². The van der Waals surface area contributed by atoms with Crippen LogP contribution in [0.5, 0.6) is 0 Å². The molecule has 1 aromatic carbocycles. The lowest BCUT2D eigenvalue weighted by atomic mass is 9.90. The van der Waals surface area contributed by atoms with E-state index in [1.54, 1.807) is 4.68 Å². The zero-order valence-electron chi connectivity index (χ0n) is 12.6. The van der Waals surface area contributed by atoms with Gasteiger partial charge in [0.15, 0.2) is 0 Å². The normalized spacial score (nSPS) is 21.0. The Balaban J connectivity index is 1.74. The molecule has 6 heteroatoms. The second-order valence-corrected chi connectivity index (χ2v) is 6.63. The highest BCUT2D eigenvalue weighted by atomic mass is 79.9. The molecule has 0 spiro atoms. The van der Waals surface area contributed by atoms with Gasteiger partial charge in [-0.2, -0.15) is 5.10 Å². The smallest absolute Gasteiger partial charge is 0.229 e. The van der Waals surface area contributed by atoms with Crippen molar-refractivity contribution in [3.63, 3.8) is 0 Å². The maximum Gasteiger partial charge on any atom is 0.229 e. The summed E-state index contributed by atoms with van der Waals surface area (Å²) in [4.78, 5) is 12.6. The van der Waals surface area contributed by atoms with E-state index in [4.69, 9.17) is 0 Å². The van der Waals surface area contributed by atoms with Crippen LogP contribution in [0.1, 0.15) is 17.0 Å². The summed E-state index contributed by atoms with van der Waals surface area (Å²) in [6.07, 6.45) is 3.84. The molecule has 0 aliphatic carbocycles. The Morgan fingerprint density at radius 3 is 2.95 bits per heavy atom. The summed E-state index contributed by atoms with van der Waals surface area (Å²) < 4.78 is 2.82. The van der Waals surface area contributed by atoms with E-state index < -0.39 is 0 Å². The third kappa shape index (κ3) is 3.08. The van der Waals surface area contributed by atoms with Gasteiger partial charge in [-0.3, -0.25) is 9.48 Å². The molecule has 2 aromatic rings. The molecular weight excluding hydrogens is 344 g/mol. The molecule has 1 aromatic heterocycles. The number of nitrogens with zero attached hydrogens (tertiary/aromatic N) is 2. The molecule has 1 amide bonds. The third-order valence-corrected chi connectivity index (χ3v) is 5.02. The first-order chi connectivity index (χ1) is 10.5. The molecule has 0 unspecified atom stereocenters. The van der Waals surface area contributed by atoms with Crippen molar-refractivity contribution in [1.82, 2.24) is 15.1 Å². The number of nitrogens with one attached hydrogen (secondary N) is 2. The topological polar surface area (TPSA) is 59.0 Å². The molecule has 1 aliphatic rings. The lowest BCUT2D eigenvalue weighted by molar-refractivity contribution is -0.119. The van der Waals surface area contributed by atoms with Crippen LogP contribution in [0.25, 0.3) is 0 Å². The summed E-state index contributed by atoms with van der Waals surface area (Å²) in [7, 11) is 1.89. The minimum absolute atomic E-state index is 0.0561. The molecule has 2 atom stereocenters. The number of hydrogen-bond donors (Lipinski definition) is 2. The van der Waals surface area contributed by atoms with Gasteiger partial charge in [-0.05, 0) is 36.2 Å². The number of aromatic nitrogens is 2. The van der Waals surface area contributed by atoms with Gasteiger partial charge in [0.05, 0.1) is 12.1 Å². The van der Waals surface area contributed by atoms with E-state index in [1.807, 2.05) is 44.6 Å². The molecule has 1 fully saturated rings. The Morgan fingerprint density at radius 2 is 2.27 bits per heavy atom. The lowest BCUT2D eigenvalue weighted by Gasteiger charge is -2.17. The maximum atomic E-state index is 12.6. The highest BCUT2D eigenvalue weighted by Crippen LogP contribution is 2.29. The van der Waals surface area contributed by atoms with Crippen molar-refractivity contribution >= 4 is 27.5 Å². The Kier molecular flexibility index (Phi) is 4.31. The van der Waals surface area contributed by atoms with E-state index in [-0.39, 0.29) is 17.7 Å². The molecule has 2 N–H and O–H groups in total. The molecule has 0 saturated carbocycles. The fourth-order valence-corrected chi connectivity index (χ4v) is 3.14. The largest absolute Gasteiger partial charge is 0.326 e. The monoisotopic (exact) mass is 362 g/mol. The lowest BCUT2D eigenvalue weighted by Crippen LogP contribution is -2.28. The number of carbonyl (C=O) groups is 1. The first-order valence-corrected chi connectivity index (χ1v) is 8.10. The zero-order valence-corrected chi connectivity index (χ0v) is 14.2. The summed E-state index contributed by atoms with van der Waals surface area (Å²) in [6, 6.07) is 5.84. The van der Waals surface area contributed by atoms with Crippen LogP contribution in [-0.4, -0.2) is 28.8 Å². The summed E-state index contributed by atoms with van der Waals surface area (Å²) in [5.41, 5.74) is 3.05. The van der Waals surface area contributed by atoms with E-state index in [1.165, 1.54) is 0 Å². The highest BCUT2D eigenvalue weighted by Gasteiger charge is 2.34. The number of anilines is 1. The Hall–Kier alpha value is -1.66. The van der Waals surface area contributed by atoms with Crippen molar-refractivity contribution in [3.8, 4) is 0 Å². The standard InChI is InChI=1S/C16H19BrN4O/c1-10-5-12(3-4-15(10)17)20-16(22)14-8-18-7-13(14)11-6-19-21(2)9-11/h3-6,9,13-14,18H,7-8H2,1-2H3,(H,20,22)/t13-,14+/m1/s1. The van der Waals surface area contributed by atoms with Gasteiger partial charge in [0.2, 0.25) is 5.91 Å². The quantitative estimate of drug-likeness (QED) is 0.881. The molecule has 22 heavy (non-hydrogen) atoms. The number of aryl methyl sites for hydroxylation is 2. The van der Waals surface area contributed by atoms with E-state index in [0.717, 1.165) is 27.8 Å². The predicted molar refractivity (Wildman–Crippen MR) is 89.8 cm³/mol. The molecule has 0 bridgehead atoms. The molecule has 1 saturated heterocycles. The Labute approximate surface area is 138 Å². The number of amides is 1. The van der Waals surface area contributed by atoms with Crippen molar-refractivity contribution in [2.45, 2.75) is 12.8 Å². The highest BCUT2D eigenvalue weighted by molar-refractivity contribution is 9.10. The first kappa shape index (κ1) is 15.2. The molecule has 116 valence electrons. The SMILES string of the molecule is Cc1cc(NC(=O)[C@H]2CNC[C@@H]2c2cnn(C)c2)ccc1Br. The summed E-state index contributed by atoms with van der Waals surface area (Å²) in [5.74, 6) is 0.152. The Morgan fingerprint density at radius 1 is 1.45 bits per heavy atom. The number of rotatable bonds is 3. The number of halogens is 1. The molecule has 2 heterocycles. The van der Waals surface area contributed by atoms with E-state index in [2.05, 4.69) is 31.7 Å². The number of hydrogen-bond acceptors (Lipinski definition) is 3. The van der Waals surface area contributed by atoms with Gasteiger partial charge in [-0.1, -0.05) is 15.9 Å². The minimum atomic E-state index is -0.0758. The summed E-state index contributed by atoms with van der Waals surface area (Å²) in [5, 5.41) is 10.6. The van der Waals surface area contributed by atoms with Gasteiger partial charge in [0.1, 0.15) is 0 Å². The van der Waals surface area contributed by atoms with Crippen molar-refractivity contribution in [3.05, 3.63) is 46.2 Å². The second kappa shape index (κ2) is 6.22. The van der Waals surface area contributed by atoms with Crippen LogP contribution in [0.15, 0.2) is 35.1 Å². The summed E-state index contributed by atoms with van der Waals surface area (Å²) in [6.45, 7) is 3.51. The number of carbonyl (C=O) groups excluding carboxylic acids is 1. The van der Waals surface area contributed by atoms with Gasteiger partial charge in [0.25, 0.3) is 0 Å². The maximum absolute atomic E-state index is 12.6. The third-order valence-electron chi connectivity index (χ3n) is 4.13. The van der Waals surface area contributed by atoms with Gasteiger partial charge < -0.3 is 10.6 Å². The van der Waals surface area contributed by atoms with Gasteiger partial charge in [-0.25, -0.2) is 0 Å². The average Bonchev–Trinajstić information content (AvgIpc) is 3.11.